The van der Waals surface area contributed by atoms with Crippen LogP contribution in [0.1, 0.15) is 11.1 Å². The molecule has 5 rings (SSSR count). The number of ether oxygens (including phenoxy) is 2. The summed E-state index contributed by atoms with van der Waals surface area (Å²) in [6, 6.07) is 23.0. The first kappa shape index (κ1) is 29.8. The zero-order valence-corrected chi connectivity index (χ0v) is 26.6. The topological polar surface area (TPSA) is 51.1 Å². The van der Waals surface area contributed by atoms with Gasteiger partial charge in [0, 0.05) is 25.7 Å². The number of benzene rings is 4. The van der Waals surface area contributed by atoms with E-state index in [0.29, 0.717) is 57.5 Å². The van der Waals surface area contributed by atoms with Crippen LogP contribution in [-0.2, 0) is 11.4 Å². The molecule has 0 spiro atoms. The summed E-state index contributed by atoms with van der Waals surface area (Å²) in [5, 5.41) is 2.72. The van der Waals surface area contributed by atoms with Gasteiger partial charge in [-0.25, -0.2) is 4.99 Å². The zero-order chi connectivity index (χ0) is 29.1. The van der Waals surface area contributed by atoms with Gasteiger partial charge in [-0.1, -0.05) is 52.5 Å². The van der Waals surface area contributed by atoms with Gasteiger partial charge in [-0.05, 0) is 112 Å². The molecular weight excluding hydrogens is 690 g/mol. The fourth-order valence-electron chi connectivity index (χ4n) is 3.90. The van der Waals surface area contributed by atoms with Crippen LogP contribution in [0.4, 0.5) is 11.4 Å². The number of nitrogens with zero attached hydrogens (tertiary/aromatic N) is 2. The van der Waals surface area contributed by atoms with Crippen molar-refractivity contribution in [1.29, 1.82) is 0 Å². The molecule has 208 valence electrons. The number of carbonyl (C=O) groups excluding carboxylic acids is 1. The third-order valence-electron chi connectivity index (χ3n) is 5.88. The van der Waals surface area contributed by atoms with Gasteiger partial charge < -0.3 is 9.47 Å². The summed E-state index contributed by atoms with van der Waals surface area (Å²) < 4.78 is 12.3. The lowest BCUT2D eigenvalue weighted by Crippen LogP contribution is -2.28. The van der Waals surface area contributed by atoms with Crippen molar-refractivity contribution >= 4 is 103 Å². The van der Waals surface area contributed by atoms with Crippen LogP contribution in [0.15, 0.2) is 93.2 Å². The van der Waals surface area contributed by atoms with Crippen molar-refractivity contribution in [3.05, 3.63) is 119 Å². The number of thioether (sulfide) groups is 1. The van der Waals surface area contributed by atoms with Crippen LogP contribution in [0.25, 0.3) is 6.08 Å². The molecule has 4 aromatic rings. The Bertz CT molecular complexity index is 1680. The summed E-state index contributed by atoms with van der Waals surface area (Å²) in [7, 11) is 1.55. The second-order valence-corrected chi connectivity index (χ2v) is 12.2. The number of hydrogen-bond acceptors (Lipinski definition) is 5. The largest absolute Gasteiger partial charge is 0.493 e. The first-order valence-electron chi connectivity index (χ1n) is 12.0. The molecule has 0 radical (unpaired) electrons. The van der Waals surface area contributed by atoms with Crippen molar-refractivity contribution in [2.45, 2.75) is 6.61 Å². The molecule has 1 aliphatic heterocycles. The van der Waals surface area contributed by atoms with Gasteiger partial charge in [0.1, 0.15) is 6.61 Å². The molecular formula is C30H19BrCl4N2O3S. The smallest absolute Gasteiger partial charge is 0.271 e. The van der Waals surface area contributed by atoms with Crippen molar-refractivity contribution in [2.24, 2.45) is 4.99 Å². The second-order valence-electron chi connectivity index (χ2n) is 8.66. The molecule has 1 heterocycles. The standard InChI is InChI=1S/C30H19BrCl4N2O3S/c1-39-26-13-17(12-24(31)28(26)40-16-18-2-3-21(34)15-25(18)35)14-27-29(38)37(23-10-6-20(33)7-11-23)30(41-27)36-22-8-4-19(32)5-9-22/h2-15H,16H2,1H3/b27-14-,36-30?. The Balaban J connectivity index is 1.47. The lowest BCUT2D eigenvalue weighted by molar-refractivity contribution is -0.113. The summed E-state index contributed by atoms with van der Waals surface area (Å²) >= 11 is 29.3. The van der Waals surface area contributed by atoms with Gasteiger partial charge in [0.25, 0.3) is 5.91 Å². The molecule has 0 bridgehead atoms. The van der Waals surface area contributed by atoms with Crippen LogP contribution in [0.5, 0.6) is 11.5 Å². The highest BCUT2D eigenvalue weighted by Crippen LogP contribution is 2.41. The minimum absolute atomic E-state index is 0.209. The third-order valence-corrected chi connectivity index (χ3v) is 8.53. The molecule has 0 saturated carbocycles. The van der Waals surface area contributed by atoms with Crippen LogP contribution >= 0.6 is 74.1 Å². The molecule has 1 saturated heterocycles. The molecule has 11 heteroatoms. The summed E-state index contributed by atoms with van der Waals surface area (Å²) in [6.07, 6.45) is 1.79. The number of amides is 1. The average Bonchev–Trinajstić information content (AvgIpc) is 3.24. The average molecular weight is 709 g/mol. The maximum Gasteiger partial charge on any atom is 0.271 e. The number of methoxy groups -OCH3 is 1. The molecule has 4 aromatic carbocycles. The van der Waals surface area contributed by atoms with Crippen molar-refractivity contribution in [1.82, 2.24) is 0 Å². The van der Waals surface area contributed by atoms with E-state index < -0.39 is 0 Å². The Morgan fingerprint density at radius 3 is 2.22 bits per heavy atom. The Morgan fingerprint density at radius 1 is 0.902 bits per heavy atom. The van der Waals surface area contributed by atoms with E-state index in [4.69, 9.17) is 60.9 Å². The Kier molecular flexibility index (Phi) is 9.54. The first-order chi connectivity index (χ1) is 19.7. The zero-order valence-electron chi connectivity index (χ0n) is 21.2. The Hall–Kier alpha value is -2.65. The molecule has 0 unspecified atom stereocenters. The highest BCUT2D eigenvalue weighted by molar-refractivity contribution is 9.10. The number of aliphatic imine (C=N–C) groups is 1. The van der Waals surface area contributed by atoms with Crippen molar-refractivity contribution in [3.8, 4) is 11.5 Å². The van der Waals surface area contributed by atoms with Gasteiger partial charge >= 0.3 is 0 Å². The fraction of sp³-hybridized carbons (Fsp3) is 0.0667. The monoisotopic (exact) mass is 706 g/mol. The number of amidine groups is 1. The molecule has 5 nitrogen and oxygen atoms in total. The van der Waals surface area contributed by atoms with Gasteiger partial charge in [0.2, 0.25) is 0 Å². The number of carbonyl (C=O) groups is 1. The lowest BCUT2D eigenvalue weighted by Gasteiger charge is -2.16. The summed E-state index contributed by atoms with van der Waals surface area (Å²) in [5.74, 6) is 0.757. The van der Waals surface area contributed by atoms with E-state index in [9.17, 15) is 4.79 Å². The quantitative estimate of drug-likeness (QED) is 0.179. The summed E-state index contributed by atoms with van der Waals surface area (Å²) in [6.45, 7) is 0.209. The maximum atomic E-state index is 13.7. The number of rotatable bonds is 7. The molecule has 0 aromatic heterocycles. The van der Waals surface area contributed by atoms with Crippen LogP contribution in [0, 0.1) is 0 Å². The van der Waals surface area contributed by atoms with E-state index in [2.05, 4.69) is 15.9 Å². The highest BCUT2D eigenvalue weighted by atomic mass is 79.9. The van der Waals surface area contributed by atoms with Crippen LogP contribution in [0.3, 0.4) is 0 Å². The molecule has 0 N–H and O–H groups in total. The van der Waals surface area contributed by atoms with E-state index in [0.717, 1.165) is 11.1 Å². The molecule has 0 atom stereocenters. The summed E-state index contributed by atoms with van der Waals surface area (Å²) in [5.41, 5.74) is 2.81. The highest BCUT2D eigenvalue weighted by Gasteiger charge is 2.35. The first-order valence-corrected chi connectivity index (χ1v) is 15.1. The van der Waals surface area contributed by atoms with E-state index in [1.807, 2.05) is 12.1 Å². The van der Waals surface area contributed by atoms with E-state index in [1.165, 1.54) is 11.8 Å². The van der Waals surface area contributed by atoms with Crippen molar-refractivity contribution in [2.75, 3.05) is 12.0 Å². The SMILES string of the molecule is COc1cc(/C=C2\SC(=Nc3ccc(Cl)cc3)N(c3ccc(Cl)cc3)C2=O)cc(Br)c1OCc1ccc(Cl)cc1Cl. The third kappa shape index (κ3) is 7.05. The van der Waals surface area contributed by atoms with Gasteiger partial charge in [-0.2, -0.15) is 0 Å². The van der Waals surface area contributed by atoms with Crippen molar-refractivity contribution < 1.29 is 14.3 Å². The molecule has 1 fully saturated rings. The van der Waals surface area contributed by atoms with Gasteiger partial charge in [0.05, 0.1) is 27.9 Å². The lowest BCUT2D eigenvalue weighted by atomic mass is 10.1. The predicted molar refractivity (Wildman–Crippen MR) is 175 cm³/mol. The normalized spacial score (nSPS) is 15.2. The van der Waals surface area contributed by atoms with E-state index in [-0.39, 0.29) is 12.5 Å². The van der Waals surface area contributed by atoms with Gasteiger partial charge in [-0.15, -0.1) is 0 Å². The minimum Gasteiger partial charge on any atom is -0.493 e. The fourth-order valence-corrected chi connectivity index (χ4v) is 6.19. The van der Waals surface area contributed by atoms with Crippen LogP contribution in [0.2, 0.25) is 20.1 Å². The number of halogens is 5. The number of anilines is 1. The Morgan fingerprint density at radius 2 is 1.56 bits per heavy atom. The molecule has 1 aliphatic rings. The minimum atomic E-state index is -0.224. The van der Waals surface area contributed by atoms with Crippen molar-refractivity contribution in [3.63, 3.8) is 0 Å². The van der Waals surface area contributed by atoms with Gasteiger partial charge in [0.15, 0.2) is 16.7 Å². The van der Waals surface area contributed by atoms with Crippen LogP contribution in [-0.4, -0.2) is 18.2 Å². The molecule has 1 amide bonds. The van der Waals surface area contributed by atoms with E-state index in [1.54, 1.807) is 84.8 Å². The van der Waals surface area contributed by atoms with Gasteiger partial charge in [-0.3, -0.25) is 9.69 Å². The summed E-state index contributed by atoms with van der Waals surface area (Å²) in [4.78, 5) is 20.4. The second kappa shape index (κ2) is 13.1. The number of hydrogen-bond donors (Lipinski definition) is 0. The molecule has 41 heavy (non-hydrogen) atoms. The predicted octanol–water partition coefficient (Wildman–Crippen LogP) is 10.5. The van der Waals surface area contributed by atoms with E-state index >= 15 is 0 Å². The Labute approximate surface area is 269 Å². The van der Waals surface area contributed by atoms with Crippen LogP contribution < -0.4 is 14.4 Å². The molecule has 0 aliphatic carbocycles. The maximum absolute atomic E-state index is 13.7.